The van der Waals surface area contributed by atoms with E-state index in [-0.39, 0.29) is 30.1 Å². The summed E-state index contributed by atoms with van der Waals surface area (Å²) in [5.74, 6) is -0.591. The van der Waals surface area contributed by atoms with Crippen LogP contribution in [0.3, 0.4) is 0 Å². The summed E-state index contributed by atoms with van der Waals surface area (Å²) in [5, 5.41) is 0. The van der Waals surface area contributed by atoms with Crippen LogP contribution in [0.1, 0.15) is 30.6 Å². The number of carbonyl (C=O) groups is 4. The van der Waals surface area contributed by atoms with Gasteiger partial charge in [0.05, 0.1) is 24.8 Å². The molecule has 8 heteroatoms. The maximum Gasteiger partial charge on any atom is 0.409 e. The molecule has 144 valence electrons. The van der Waals surface area contributed by atoms with Crippen molar-refractivity contribution >= 4 is 29.4 Å². The van der Waals surface area contributed by atoms with Crippen molar-refractivity contribution < 1.29 is 23.9 Å². The van der Waals surface area contributed by atoms with Crippen molar-refractivity contribution in [2.24, 2.45) is 0 Å². The Kier molecular flexibility index (Phi) is 5.55. The van der Waals surface area contributed by atoms with Gasteiger partial charge >= 0.3 is 6.09 Å². The summed E-state index contributed by atoms with van der Waals surface area (Å²) < 4.78 is 5.00. The molecule has 1 atom stereocenters. The Labute approximate surface area is 157 Å². The third-order valence-electron chi connectivity index (χ3n) is 4.94. The summed E-state index contributed by atoms with van der Waals surface area (Å²) >= 11 is 0. The second-order valence-corrected chi connectivity index (χ2v) is 6.61. The molecule has 0 aromatic heterocycles. The van der Waals surface area contributed by atoms with Gasteiger partial charge in [-0.2, -0.15) is 0 Å². The monoisotopic (exact) mass is 373 g/mol. The minimum atomic E-state index is -0.519. The summed E-state index contributed by atoms with van der Waals surface area (Å²) in [5.41, 5.74) is 1.01. The van der Waals surface area contributed by atoms with Crippen molar-refractivity contribution in [3.63, 3.8) is 0 Å². The number of piperazine rings is 1. The number of benzene rings is 1. The number of imide groups is 1. The van der Waals surface area contributed by atoms with E-state index in [2.05, 4.69) is 0 Å². The van der Waals surface area contributed by atoms with Gasteiger partial charge in [-0.15, -0.1) is 0 Å². The molecule has 3 rings (SSSR count). The first kappa shape index (κ1) is 19.0. The largest absolute Gasteiger partial charge is 0.450 e. The topological polar surface area (TPSA) is 87.2 Å². The van der Waals surface area contributed by atoms with E-state index in [1.165, 1.54) is 11.8 Å². The van der Waals surface area contributed by atoms with E-state index in [1.807, 2.05) is 4.90 Å². The van der Waals surface area contributed by atoms with Gasteiger partial charge < -0.3 is 9.64 Å². The Morgan fingerprint density at radius 3 is 2.26 bits per heavy atom. The molecule has 2 saturated heterocycles. The van der Waals surface area contributed by atoms with Crippen molar-refractivity contribution in [3.8, 4) is 0 Å². The van der Waals surface area contributed by atoms with Crippen LogP contribution in [-0.2, 0) is 14.3 Å². The van der Waals surface area contributed by atoms with Crippen LogP contribution in [0, 0.1) is 0 Å². The van der Waals surface area contributed by atoms with Gasteiger partial charge in [0, 0.05) is 31.7 Å². The highest BCUT2D eigenvalue weighted by Gasteiger charge is 2.43. The number of hydrogen-bond donors (Lipinski definition) is 0. The van der Waals surface area contributed by atoms with Crippen LogP contribution in [0.2, 0.25) is 0 Å². The van der Waals surface area contributed by atoms with Gasteiger partial charge in [0.1, 0.15) is 0 Å². The fourth-order valence-electron chi connectivity index (χ4n) is 3.45. The lowest BCUT2D eigenvalue weighted by atomic mass is 10.1. The number of anilines is 1. The molecule has 27 heavy (non-hydrogen) atoms. The first-order valence-corrected chi connectivity index (χ1v) is 9.06. The smallest absolute Gasteiger partial charge is 0.409 e. The SMILES string of the molecule is CCOC(=O)N1CCN([C@H]2CC(=O)N(c3ccc(C(C)=O)cc3)C2=O)CC1. The molecule has 3 amide bonds. The van der Waals surface area contributed by atoms with Gasteiger partial charge in [-0.25, -0.2) is 9.69 Å². The number of amides is 3. The summed E-state index contributed by atoms with van der Waals surface area (Å²) in [6, 6.07) is 5.95. The first-order valence-electron chi connectivity index (χ1n) is 9.06. The van der Waals surface area contributed by atoms with Crippen molar-refractivity contribution in [3.05, 3.63) is 29.8 Å². The van der Waals surface area contributed by atoms with E-state index in [9.17, 15) is 19.2 Å². The van der Waals surface area contributed by atoms with Crippen LogP contribution in [0.5, 0.6) is 0 Å². The number of ketones is 1. The standard InChI is InChI=1S/C19H23N3O5/c1-3-27-19(26)21-10-8-20(9-11-21)16-12-17(24)22(18(16)25)15-6-4-14(5-7-15)13(2)23/h4-7,16H,3,8-12H2,1-2H3/t16-/m0/s1. The van der Waals surface area contributed by atoms with Gasteiger partial charge in [-0.3, -0.25) is 19.3 Å². The molecule has 2 aliphatic heterocycles. The van der Waals surface area contributed by atoms with E-state index in [0.717, 1.165) is 0 Å². The van der Waals surface area contributed by atoms with E-state index in [0.29, 0.717) is 44.0 Å². The van der Waals surface area contributed by atoms with Crippen molar-refractivity contribution in [1.29, 1.82) is 0 Å². The van der Waals surface area contributed by atoms with Gasteiger partial charge in [0.25, 0.3) is 5.91 Å². The molecule has 1 aromatic carbocycles. The van der Waals surface area contributed by atoms with E-state index in [1.54, 1.807) is 36.1 Å². The average Bonchev–Trinajstić information content (AvgIpc) is 2.96. The molecule has 0 radical (unpaired) electrons. The summed E-state index contributed by atoms with van der Waals surface area (Å²) in [7, 11) is 0. The average molecular weight is 373 g/mol. The molecule has 2 aliphatic rings. The zero-order valence-electron chi connectivity index (χ0n) is 15.5. The first-order chi connectivity index (χ1) is 12.9. The third-order valence-corrected chi connectivity index (χ3v) is 4.94. The second-order valence-electron chi connectivity index (χ2n) is 6.61. The van der Waals surface area contributed by atoms with Gasteiger partial charge in [0.15, 0.2) is 5.78 Å². The Morgan fingerprint density at radius 2 is 1.70 bits per heavy atom. The lowest BCUT2D eigenvalue weighted by Gasteiger charge is -2.36. The lowest BCUT2D eigenvalue weighted by Crippen LogP contribution is -2.54. The highest BCUT2D eigenvalue weighted by atomic mass is 16.6. The molecule has 2 fully saturated rings. The van der Waals surface area contributed by atoms with Gasteiger partial charge in [-0.1, -0.05) is 0 Å². The van der Waals surface area contributed by atoms with Crippen molar-refractivity contribution in [2.75, 3.05) is 37.7 Å². The van der Waals surface area contributed by atoms with Crippen LogP contribution < -0.4 is 4.90 Å². The zero-order valence-corrected chi connectivity index (χ0v) is 15.5. The number of carbonyl (C=O) groups excluding carboxylic acids is 4. The number of nitrogens with zero attached hydrogens (tertiary/aromatic N) is 3. The number of Topliss-reactive ketones (excluding diaryl/α,β-unsaturated/α-hetero) is 1. The van der Waals surface area contributed by atoms with Gasteiger partial charge in [0.2, 0.25) is 5.91 Å². The number of ether oxygens (including phenoxy) is 1. The molecule has 8 nitrogen and oxygen atoms in total. The Morgan fingerprint density at radius 1 is 1.07 bits per heavy atom. The maximum atomic E-state index is 12.8. The molecular formula is C19H23N3O5. The molecule has 0 saturated carbocycles. The summed E-state index contributed by atoms with van der Waals surface area (Å²) in [6.45, 7) is 5.50. The van der Waals surface area contributed by atoms with Crippen molar-refractivity contribution in [1.82, 2.24) is 9.80 Å². The van der Waals surface area contributed by atoms with E-state index >= 15 is 0 Å². The third kappa shape index (κ3) is 3.85. The normalized spacial score (nSPS) is 20.9. The minimum absolute atomic E-state index is 0.0713. The van der Waals surface area contributed by atoms with E-state index < -0.39 is 6.04 Å². The fraction of sp³-hybridized carbons (Fsp3) is 0.474. The van der Waals surface area contributed by atoms with Crippen LogP contribution in [0.25, 0.3) is 0 Å². The number of hydrogen-bond acceptors (Lipinski definition) is 6. The molecule has 0 N–H and O–H groups in total. The predicted molar refractivity (Wildman–Crippen MR) is 97.5 cm³/mol. The highest BCUT2D eigenvalue weighted by Crippen LogP contribution is 2.26. The van der Waals surface area contributed by atoms with Gasteiger partial charge in [-0.05, 0) is 38.1 Å². The zero-order chi connectivity index (χ0) is 19.6. The fourth-order valence-corrected chi connectivity index (χ4v) is 3.45. The molecule has 2 heterocycles. The maximum absolute atomic E-state index is 12.8. The quantitative estimate of drug-likeness (QED) is 0.584. The Hall–Kier alpha value is -2.74. The number of rotatable bonds is 4. The molecular weight excluding hydrogens is 350 g/mol. The minimum Gasteiger partial charge on any atom is -0.450 e. The van der Waals surface area contributed by atoms with Crippen LogP contribution >= 0.6 is 0 Å². The van der Waals surface area contributed by atoms with Crippen LogP contribution in [0.4, 0.5) is 10.5 Å². The van der Waals surface area contributed by atoms with Crippen LogP contribution in [0.15, 0.2) is 24.3 Å². The van der Waals surface area contributed by atoms with Crippen LogP contribution in [-0.4, -0.2) is 72.3 Å². The van der Waals surface area contributed by atoms with Crippen molar-refractivity contribution in [2.45, 2.75) is 26.3 Å². The molecule has 0 bridgehead atoms. The van der Waals surface area contributed by atoms with E-state index in [4.69, 9.17) is 4.74 Å². The lowest BCUT2D eigenvalue weighted by molar-refractivity contribution is -0.123. The molecule has 0 spiro atoms. The molecule has 0 unspecified atom stereocenters. The Bertz CT molecular complexity index is 753. The predicted octanol–water partition coefficient (Wildman–Crippen LogP) is 1.30. The molecule has 1 aromatic rings. The Balaban J connectivity index is 1.66. The molecule has 0 aliphatic carbocycles. The summed E-state index contributed by atoms with van der Waals surface area (Å²) in [4.78, 5) is 53.2. The second kappa shape index (κ2) is 7.87. The highest BCUT2D eigenvalue weighted by molar-refractivity contribution is 6.22. The summed E-state index contributed by atoms with van der Waals surface area (Å²) in [6.07, 6.45) is -0.231.